The number of imidazole rings is 1. The van der Waals surface area contributed by atoms with E-state index < -0.39 is 0 Å². The Morgan fingerprint density at radius 2 is 1.93 bits per heavy atom. The van der Waals surface area contributed by atoms with E-state index in [2.05, 4.69) is 10.3 Å². The Kier molecular flexibility index (Phi) is 5.38. The van der Waals surface area contributed by atoms with Crippen LogP contribution in [-0.2, 0) is 22.5 Å². The lowest BCUT2D eigenvalue weighted by Crippen LogP contribution is -2.42. The summed E-state index contributed by atoms with van der Waals surface area (Å²) >= 11 is 0. The summed E-state index contributed by atoms with van der Waals surface area (Å²) in [6, 6.07) is 11.0. The molecule has 1 fully saturated rings. The average molecular weight is 382 g/mol. The molecular formula is C20H22N4O4. The van der Waals surface area contributed by atoms with Crippen LogP contribution in [0.15, 0.2) is 47.1 Å². The van der Waals surface area contributed by atoms with Crippen LogP contribution in [0.25, 0.3) is 11.0 Å². The number of carbonyl (C=O) groups excluding carboxylic acids is 2. The van der Waals surface area contributed by atoms with Gasteiger partial charge in [0.25, 0.3) is 5.91 Å². The van der Waals surface area contributed by atoms with Gasteiger partial charge in [-0.15, -0.1) is 0 Å². The lowest BCUT2D eigenvalue weighted by Gasteiger charge is -2.27. The van der Waals surface area contributed by atoms with Crippen LogP contribution < -0.4 is 5.32 Å². The first-order chi connectivity index (χ1) is 13.7. The molecule has 1 aromatic carbocycles. The van der Waals surface area contributed by atoms with Crippen molar-refractivity contribution in [3.8, 4) is 0 Å². The van der Waals surface area contributed by atoms with E-state index >= 15 is 0 Å². The molecule has 0 saturated carbocycles. The lowest BCUT2D eigenvalue weighted by atomic mass is 10.3. The second-order valence-electron chi connectivity index (χ2n) is 6.58. The molecule has 1 N–H and O–H groups in total. The predicted octanol–water partition coefficient (Wildman–Crippen LogP) is 1.46. The number of aromatic nitrogens is 2. The highest BCUT2D eigenvalue weighted by atomic mass is 16.5. The zero-order valence-electron chi connectivity index (χ0n) is 15.5. The molecule has 0 radical (unpaired) electrons. The number of carbonyl (C=O) groups is 2. The summed E-state index contributed by atoms with van der Waals surface area (Å²) in [7, 11) is 0. The van der Waals surface area contributed by atoms with Crippen LogP contribution in [0.2, 0.25) is 0 Å². The van der Waals surface area contributed by atoms with E-state index in [9.17, 15) is 9.59 Å². The molecule has 2 amide bonds. The highest BCUT2D eigenvalue weighted by Crippen LogP contribution is 2.17. The fraction of sp³-hybridized carbons (Fsp3) is 0.350. The molecule has 28 heavy (non-hydrogen) atoms. The van der Waals surface area contributed by atoms with E-state index in [-0.39, 0.29) is 24.1 Å². The first-order valence-corrected chi connectivity index (χ1v) is 9.34. The van der Waals surface area contributed by atoms with Crippen molar-refractivity contribution in [1.29, 1.82) is 0 Å². The van der Waals surface area contributed by atoms with Gasteiger partial charge in [-0.2, -0.15) is 0 Å². The maximum Gasteiger partial charge on any atom is 0.286 e. The summed E-state index contributed by atoms with van der Waals surface area (Å²) in [4.78, 5) is 31.3. The number of hydrogen-bond acceptors (Lipinski definition) is 5. The van der Waals surface area contributed by atoms with Crippen molar-refractivity contribution in [3.63, 3.8) is 0 Å². The predicted molar refractivity (Wildman–Crippen MR) is 102 cm³/mol. The van der Waals surface area contributed by atoms with Crippen LogP contribution in [0, 0.1) is 0 Å². The average Bonchev–Trinajstić information content (AvgIpc) is 3.38. The fourth-order valence-corrected chi connectivity index (χ4v) is 3.32. The minimum atomic E-state index is -0.267. The quantitative estimate of drug-likeness (QED) is 0.697. The Balaban J connectivity index is 1.48. The molecule has 8 heteroatoms. The van der Waals surface area contributed by atoms with Crippen LogP contribution in [-0.4, -0.2) is 59.1 Å². The van der Waals surface area contributed by atoms with Crippen LogP contribution >= 0.6 is 0 Å². The minimum Gasteiger partial charge on any atom is -0.459 e. The highest BCUT2D eigenvalue weighted by molar-refractivity contribution is 5.91. The van der Waals surface area contributed by atoms with Crippen molar-refractivity contribution in [1.82, 2.24) is 19.8 Å². The second kappa shape index (κ2) is 8.26. The number of nitrogens with one attached hydrogen (secondary N) is 1. The first-order valence-electron chi connectivity index (χ1n) is 9.34. The fourth-order valence-electron chi connectivity index (χ4n) is 3.32. The molecule has 0 bridgehead atoms. The van der Waals surface area contributed by atoms with Gasteiger partial charge in [-0.05, 0) is 24.3 Å². The zero-order valence-corrected chi connectivity index (χ0v) is 15.5. The highest BCUT2D eigenvalue weighted by Gasteiger charge is 2.20. The van der Waals surface area contributed by atoms with Gasteiger partial charge in [0.15, 0.2) is 5.76 Å². The van der Waals surface area contributed by atoms with Crippen LogP contribution in [0.4, 0.5) is 0 Å². The van der Waals surface area contributed by atoms with Crippen molar-refractivity contribution < 1.29 is 18.7 Å². The van der Waals surface area contributed by atoms with Gasteiger partial charge in [0, 0.05) is 26.1 Å². The largest absolute Gasteiger partial charge is 0.459 e. The molecule has 8 nitrogen and oxygen atoms in total. The standard InChI is InChI=1S/C20H22N4O4/c25-19(23-9-12-27-13-10-23)14-24-16-5-2-1-4-15(16)22-18(24)7-8-21-20(26)17-6-3-11-28-17/h1-6,11H,7-10,12-14H2,(H,21,26). The molecule has 146 valence electrons. The molecular weight excluding hydrogens is 360 g/mol. The molecule has 0 aliphatic carbocycles. The number of nitrogens with zero attached hydrogens (tertiary/aromatic N) is 3. The van der Waals surface area contributed by atoms with E-state index in [4.69, 9.17) is 9.15 Å². The van der Waals surface area contributed by atoms with Crippen LogP contribution in [0.1, 0.15) is 16.4 Å². The summed E-state index contributed by atoms with van der Waals surface area (Å²) in [5, 5.41) is 2.82. The van der Waals surface area contributed by atoms with Gasteiger partial charge in [0.05, 0.1) is 30.5 Å². The third-order valence-electron chi connectivity index (χ3n) is 4.77. The van der Waals surface area contributed by atoms with Gasteiger partial charge in [0.2, 0.25) is 5.91 Å². The number of fused-ring (bicyclic) bond motifs is 1. The molecule has 0 spiro atoms. The summed E-state index contributed by atoms with van der Waals surface area (Å²) < 4.78 is 12.4. The van der Waals surface area contributed by atoms with Crippen molar-refractivity contribution in [2.24, 2.45) is 0 Å². The van der Waals surface area contributed by atoms with E-state index in [0.717, 1.165) is 16.9 Å². The van der Waals surface area contributed by atoms with Gasteiger partial charge in [-0.1, -0.05) is 12.1 Å². The maximum absolute atomic E-state index is 12.7. The molecule has 2 aromatic heterocycles. The summed E-state index contributed by atoms with van der Waals surface area (Å²) in [5.74, 6) is 0.822. The molecule has 4 rings (SSSR count). The van der Waals surface area contributed by atoms with Gasteiger partial charge < -0.3 is 23.9 Å². The molecule has 0 atom stereocenters. The van der Waals surface area contributed by atoms with Crippen molar-refractivity contribution in [2.75, 3.05) is 32.8 Å². The maximum atomic E-state index is 12.7. The Labute approximate surface area is 162 Å². The minimum absolute atomic E-state index is 0.0484. The van der Waals surface area contributed by atoms with Gasteiger partial charge >= 0.3 is 0 Å². The van der Waals surface area contributed by atoms with Crippen LogP contribution in [0.5, 0.6) is 0 Å². The van der Waals surface area contributed by atoms with Crippen molar-refractivity contribution in [2.45, 2.75) is 13.0 Å². The molecule has 3 aromatic rings. The van der Waals surface area contributed by atoms with Gasteiger partial charge in [-0.25, -0.2) is 4.98 Å². The third kappa shape index (κ3) is 3.91. The molecule has 1 saturated heterocycles. The summed E-state index contributed by atoms with van der Waals surface area (Å²) in [6.45, 7) is 2.99. The third-order valence-corrected chi connectivity index (χ3v) is 4.77. The van der Waals surface area contributed by atoms with Crippen molar-refractivity contribution in [3.05, 3.63) is 54.2 Å². The van der Waals surface area contributed by atoms with E-state index in [1.807, 2.05) is 33.7 Å². The normalized spacial score (nSPS) is 14.4. The summed E-state index contributed by atoms with van der Waals surface area (Å²) in [6.07, 6.45) is 1.98. The number of hydrogen-bond donors (Lipinski definition) is 1. The van der Waals surface area contributed by atoms with E-state index in [0.29, 0.717) is 39.3 Å². The molecule has 1 aliphatic rings. The van der Waals surface area contributed by atoms with Crippen molar-refractivity contribution >= 4 is 22.8 Å². The zero-order chi connectivity index (χ0) is 19.3. The Morgan fingerprint density at radius 3 is 2.71 bits per heavy atom. The number of furan rings is 1. The number of ether oxygens (including phenoxy) is 1. The summed E-state index contributed by atoms with van der Waals surface area (Å²) in [5.41, 5.74) is 1.75. The number of rotatable bonds is 6. The van der Waals surface area contributed by atoms with Gasteiger partial charge in [0.1, 0.15) is 12.4 Å². The Hall–Kier alpha value is -3.13. The smallest absolute Gasteiger partial charge is 0.286 e. The molecule has 0 unspecified atom stereocenters. The second-order valence-corrected chi connectivity index (χ2v) is 6.58. The Bertz CT molecular complexity index is 958. The van der Waals surface area contributed by atoms with Crippen LogP contribution in [0.3, 0.4) is 0 Å². The Morgan fingerprint density at radius 1 is 1.11 bits per heavy atom. The lowest BCUT2D eigenvalue weighted by molar-refractivity contribution is -0.135. The van der Waals surface area contributed by atoms with Gasteiger partial charge in [-0.3, -0.25) is 9.59 Å². The van der Waals surface area contributed by atoms with E-state index in [1.54, 1.807) is 12.1 Å². The molecule has 3 heterocycles. The number of amides is 2. The number of morpholine rings is 1. The SMILES string of the molecule is O=C(NCCc1nc2ccccc2n1CC(=O)N1CCOCC1)c1ccco1. The van der Waals surface area contributed by atoms with E-state index in [1.165, 1.54) is 6.26 Å². The number of benzene rings is 1. The molecule has 1 aliphatic heterocycles. The topological polar surface area (TPSA) is 89.6 Å². The monoisotopic (exact) mass is 382 g/mol. The number of para-hydroxylation sites is 2. The first kappa shape index (κ1) is 18.2.